The van der Waals surface area contributed by atoms with E-state index < -0.39 is 0 Å². The van der Waals surface area contributed by atoms with Crippen LogP contribution in [0, 0.1) is 0 Å². The summed E-state index contributed by atoms with van der Waals surface area (Å²) >= 11 is 0. The summed E-state index contributed by atoms with van der Waals surface area (Å²) in [6.07, 6.45) is 6.34. The minimum Gasteiger partial charge on any atom is -0.322 e. The van der Waals surface area contributed by atoms with E-state index in [1.807, 2.05) is 30.3 Å². The largest absolute Gasteiger partial charge is 0.322 e. The molecule has 128 valence electrons. The van der Waals surface area contributed by atoms with E-state index in [9.17, 15) is 9.59 Å². The van der Waals surface area contributed by atoms with Gasteiger partial charge in [0.25, 0.3) is 5.91 Å². The summed E-state index contributed by atoms with van der Waals surface area (Å²) in [7, 11) is 0. The fourth-order valence-electron chi connectivity index (χ4n) is 2.34. The molecule has 0 bridgehead atoms. The lowest BCUT2D eigenvalue weighted by atomic mass is 10.1. The summed E-state index contributed by atoms with van der Waals surface area (Å²) in [4.78, 5) is 28.6. The van der Waals surface area contributed by atoms with Crippen LogP contribution in [0.4, 0.5) is 11.4 Å². The highest BCUT2D eigenvalue weighted by Crippen LogP contribution is 2.17. The SMILES string of the molecule is O=C(/C=C/c1ccccc1)Nc1ccccc1C(=O)Nc1cccnc1. The molecule has 0 spiro atoms. The Kier molecular flexibility index (Phi) is 5.52. The molecule has 0 unspecified atom stereocenters. The van der Waals surface area contributed by atoms with Gasteiger partial charge in [-0.05, 0) is 35.9 Å². The van der Waals surface area contributed by atoms with Crippen LogP contribution in [-0.4, -0.2) is 16.8 Å². The predicted octanol–water partition coefficient (Wildman–Crippen LogP) is 3.99. The van der Waals surface area contributed by atoms with Crippen LogP contribution in [0.1, 0.15) is 15.9 Å². The molecule has 0 radical (unpaired) electrons. The first-order valence-corrected chi connectivity index (χ1v) is 8.07. The number of hydrogen-bond donors (Lipinski definition) is 2. The standard InChI is InChI=1S/C21H17N3O2/c25-20(13-12-16-7-2-1-3-8-16)24-19-11-5-4-10-18(19)21(26)23-17-9-6-14-22-15-17/h1-15H,(H,23,26)(H,24,25)/b13-12+. The van der Waals surface area contributed by atoms with E-state index in [1.54, 1.807) is 54.9 Å². The Balaban J connectivity index is 1.71. The van der Waals surface area contributed by atoms with Crippen molar-refractivity contribution in [3.05, 3.63) is 96.3 Å². The highest BCUT2D eigenvalue weighted by atomic mass is 16.2. The number of nitrogens with zero attached hydrogens (tertiary/aromatic N) is 1. The number of nitrogens with one attached hydrogen (secondary N) is 2. The fraction of sp³-hybridized carbons (Fsp3) is 0. The molecule has 2 aromatic carbocycles. The molecule has 0 aliphatic carbocycles. The lowest BCUT2D eigenvalue weighted by Gasteiger charge is -2.10. The van der Waals surface area contributed by atoms with Crippen LogP contribution in [0.25, 0.3) is 6.08 Å². The third-order valence-electron chi connectivity index (χ3n) is 3.58. The molecule has 1 heterocycles. The highest BCUT2D eigenvalue weighted by molar-refractivity contribution is 6.11. The zero-order valence-corrected chi connectivity index (χ0v) is 13.9. The van der Waals surface area contributed by atoms with Gasteiger partial charge in [-0.15, -0.1) is 0 Å². The molecule has 0 saturated carbocycles. The third-order valence-corrected chi connectivity index (χ3v) is 3.58. The first-order valence-electron chi connectivity index (χ1n) is 8.07. The van der Waals surface area contributed by atoms with E-state index in [2.05, 4.69) is 15.6 Å². The number of pyridine rings is 1. The summed E-state index contributed by atoms with van der Waals surface area (Å²) in [5, 5.41) is 5.50. The molecule has 2 N–H and O–H groups in total. The van der Waals surface area contributed by atoms with Gasteiger partial charge in [0.1, 0.15) is 0 Å². The number of para-hydroxylation sites is 1. The van der Waals surface area contributed by atoms with E-state index in [-0.39, 0.29) is 11.8 Å². The van der Waals surface area contributed by atoms with Gasteiger partial charge in [-0.1, -0.05) is 42.5 Å². The summed E-state index contributed by atoms with van der Waals surface area (Å²) in [6.45, 7) is 0. The van der Waals surface area contributed by atoms with Crippen LogP contribution < -0.4 is 10.6 Å². The molecule has 2 amide bonds. The van der Waals surface area contributed by atoms with Gasteiger partial charge in [0, 0.05) is 12.3 Å². The second kappa shape index (κ2) is 8.39. The average molecular weight is 343 g/mol. The number of aromatic nitrogens is 1. The van der Waals surface area contributed by atoms with Crippen molar-refractivity contribution in [1.82, 2.24) is 4.98 Å². The van der Waals surface area contributed by atoms with Crippen LogP contribution in [0.3, 0.4) is 0 Å². The van der Waals surface area contributed by atoms with E-state index in [0.717, 1.165) is 5.56 Å². The van der Waals surface area contributed by atoms with Gasteiger partial charge < -0.3 is 10.6 Å². The molecule has 5 nitrogen and oxygen atoms in total. The molecule has 0 saturated heterocycles. The minimum absolute atomic E-state index is 0.310. The van der Waals surface area contributed by atoms with Crippen LogP contribution in [0.2, 0.25) is 0 Å². The van der Waals surface area contributed by atoms with Crippen LogP contribution in [0.15, 0.2) is 85.2 Å². The van der Waals surface area contributed by atoms with Gasteiger partial charge >= 0.3 is 0 Å². The van der Waals surface area contributed by atoms with Crippen LogP contribution in [-0.2, 0) is 4.79 Å². The summed E-state index contributed by atoms with van der Waals surface area (Å²) in [6, 6.07) is 19.8. The van der Waals surface area contributed by atoms with Gasteiger partial charge in [-0.2, -0.15) is 0 Å². The van der Waals surface area contributed by atoms with Crippen LogP contribution in [0.5, 0.6) is 0 Å². The topological polar surface area (TPSA) is 71.1 Å². The molecule has 0 atom stereocenters. The molecule has 26 heavy (non-hydrogen) atoms. The number of hydrogen-bond acceptors (Lipinski definition) is 3. The van der Waals surface area contributed by atoms with E-state index in [1.165, 1.54) is 6.08 Å². The molecular weight excluding hydrogens is 326 g/mol. The molecule has 1 aromatic heterocycles. The number of amides is 2. The van der Waals surface area contributed by atoms with Gasteiger partial charge in [0.05, 0.1) is 23.1 Å². The second-order valence-electron chi connectivity index (χ2n) is 5.47. The monoisotopic (exact) mass is 343 g/mol. The van der Waals surface area contributed by atoms with Crippen LogP contribution >= 0.6 is 0 Å². The smallest absolute Gasteiger partial charge is 0.257 e. The molecule has 3 rings (SSSR count). The Morgan fingerprint density at radius 2 is 1.62 bits per heavy atom. The Bertz CT molecular complexity index is 922. The summed E-state index contributed by atoms with van der Waals surface area (Å²) in [5.74, 6) is -0.628. The molecular formula is C21H17N3O2. The van der Waals surface area contributed by atoms with Crippen molar-refractivity contribution in [3.8, 4) is 0 Å². The van der Waals surface area contributed by atoms with E-state index >= 15 is 0 Å². The summed E-state index contributed by atoms with van der Waals surface area (Å²) in [5.41, 5.74) is 2.32. The summed E-state index contributed by atoms with van der Waals surface area (Å²) < 4.78 is 0. The molecule has 0 aliphatic rings. The van der Waals surface area contributed by atoms with Crippen molar-refractivity contribution >= 4 is 29.3 Å². The Morgan fingerprint density at radius 1 is 0.846 bits per heavy atom. The molecule has 0 aliphatic heterocycles. The minimum atomic E-state index is -0.319. The number of anilines is 2. The lowest BCUT2D eigenvalue weighted by molar-refractivity contribution is -0.111. The number of benzene rings is 2. The predicted molar refractivity (Wildman–Crippen MR) is 103 cm³/mol. The average Bonchev–Trinajstić information content (AvgIpc) is 2.68. The van der Waals surface area contributed by atoms with Crippen molar-refractivity contribution in [2.75, 3.05) is 10.6 Å². The molecule has 5 heteroatoms. The number of rotatable bonds is 5. The number of carbonyl (C=O) groups is 2. The fourth-order valence-corrected chi connectivity index (χ4v) is 2.34. The van der Waals surface area contributed by atoms with E-state index in [4.69, 9.17) is 0 Å². The van der Waals surface area contributed by atoms with Crippen molar-refractivity contribution in [2.45, 2.75) is 0 Å². The Labute approximate surface area is 151 Å². The highest BCUT2D eigenvalue weighted by Gasteiger charge is 2.12. The Hall–Kier alpha value is -3.73. The Morgan fingerprint density at radius 3 is 2.38 bits per heavy atom. The quantitative estimate of drug-likeness (QED) is 0.688. The maximum Gasteiger partial charge on any atom is 0.257 e. The maximum atomic E-state index is 12.5. The second-order valence-corrected chi connectivity index (χ2v) is 5.47. The van der Waals surface area contributed by atoms with Crippen molar-refractivity contribution < 1.29 is 9.59 Å². The molecule has 0 fully saturated rings. The third kappa shape index (κ3) is 4.64. The zero-order chi connectivity index (χ0) is 18.2. The van der Waals surface area contributed by atoms with Crippen molar-refractivity contribution in [3.63, 3.8) is 0 Å². The lowest BCUT2D eigenvalue weighted by Crippen LogP contribution is -2.17. The molecule has 3 aromatic rings. The zero-order valence-electron chi connectivity index (χ0n) is 13.9. The van der Waals surface area contributed by atoms with Crippen molar-refractivity contribution in [2.24, 2.45) is 0 Å². The van der Waals surface area contributed by atoms with Gasteiger partial charge in [0.2, 0.25) is 5.91 Å². The van der Waals surface area contributed by atoms with Crippen molar-refractivity contribution in [1.29, 1.82) is 0 Å². The number of carbonyl (C=O) groups excluding carboxylic acids is 2. The van der Waals surface area contributed by atoms with Gasteiger partial charge in [0.15, 0.2) is 0 Å². The van der Waals surface area contributed by atoms with Gasteiger partial charge in [-0.3, -0.25) is 14.6 Å². The van der Waals surface area contributed by atoms with Gasteiger partial charge in [-0.25, -0.2) is 0 Å². The first-order chi connectivity index (χ1) is 12.7. The normalized spacial score (nSPS) is 10.5. The van der Waals surface area contributed by atoms with E-state index in [0.29, 0.717) is 16.9 Å². The first kappa shape index (κ1) is 17.1. The maximum absolute atomic E-state index is 12.5.